The van der Waals surface area contributed by atoms with Gasteiger partial charge in [-0.2, -0.15) is 5.26 Å². The van der Waals surface area contributed by atoms with Crippen molar-refractivity contribution >= 4 is 23.6 Å². The lowest BCUT2D eigenvalue weighted by Crippen LogP contribution is -2.15. The Morgan fingerprint density at radius 2 is 1.73 bits per heavy atom. The number of hydrogen-bond acceptors (Lipinski definition) is 5. The van der Waals surface area contributed by atoms with Crippen LogP contribution in [0.1, 0.15) is 27.2 Å². The molecule has 6 nitrogen and oxygen atoms in total. The number of nitrogens with zero attached hydrogens (tertiary/aromatic N) is 1. The van der Waals surface area contributed by atoms with Gasteiger partial charge in [-0.05, 0) is 43.2 Å². The number of anilines is 1. The highest BCUT2D eigenvalue weighted by Crippen LogP contribution is 2.27. The van der Waals surface area contributed by atoms with E-state index in [0.29, 0.717) is 28.3 Å². The number of esters is 1. The third-order valence-corrected chi connectivity index (χ3v) is 4.60. The van der Waals surface area contributed by atoms with Gasteiger partial charge in [-0.1, -0.05) is 36.4 Å². The van der Waals surface area contributed by atoms with Gasteiger partial charge in [0.2, 0.25) is 0 Å². The number of aryl methyl sites for hydroxylation is 2. The second-order valence-corrected chi connectivity index (χ2v) is 6.63. The van der Waals surface area contributed by atoms with E-state index in [0.717, 1.165) is 11.1 Å². The zero-order valence-electron chi connectivity index (χ0n) is 16.9. The average molecular weight is 400 g/mol. The summed E-state index contributed by atoms with van der Waals surface area (Å²) in [6.07, 6.45) is 1.37. The third kappa shape index (κ3) is 4.31. The molecule has 3 rings (SSSR count). The van der Waals surface area contributed by atoms with Crippen molar-refractivity contribution in [3.63, 3.8) is 0 Å². The molecule has 0 fully saturated rings. The predicted molar refractivity (Wildman–Crippen MR) is 114 cm³/mol. The molecule has 0 bridgehead atoms. The zero-order chi connectivity index (χ0) is 21.7. The van der Waals surface area contributed by atoms with Crippen LogP contribution in [0, 0.1) is 25.2 Å². The van der Waals surface area contributed by atoms with Crippen LogP contribution < -0.4 is 5.32 Å². The summed E-state index contributed by atoms with van der Waals surface area (Å²) in [5, 5.41) is 12.3. The molecule has 0 aliphatic rings. The number of methoxy groups -OCH3 is 1. The molecular formula is C24H20N2O4. The number of carbonyl (C=O) groups excluding carboxylic acids is 2. The largest absolute Gasteiger partial charge is 0.465 e. The number of para-hydroxylation sites is 1. The Kier molecular flexibility index (Phi) is 6.14. The van der Waals surface area contributed by atoms with E-state index < -0.39 is 11.9 Å². The standard InChI is InChI=1S/C24H20N2O4/c1-15-7-6-8-16(2)22(15)26-23(27)17(14-25)13-18-11-12-21(30-18)19-9-4-5-10-20(19)24(28)29-3/h4-13H,1-3H3,(H,26,27)/b17-13+. The Bertz CT molecular complexity index is 1160. The number of hydrogen-bond donors (Lipinski definition) is 1. The van der Waals surface area contributed by atoms with Gasteiger partial charge in [0, 0.05) is 17.3 Å². The van der Waals surface area contributed by atoms with Gasteiger partial charge in [0.05, 0.1) is 12.7 Å². The summed E-state index contributed by atoms with van der Waals surface area (Å²) in [5.41, 5.74) is 3.30. The molecule has 0 radical (unpaired) electrons. The molecule has 1 aromatic heterocycles. The van der Waals surface area contributed by atoms with Gasteiger partial charge in [-0.15, -0.1) is 0 Å². The van der Waals surface area contributed by atoms with Crippen LogP contribution >= 0.6 is 0 Å². The van der Waals surface area contributed by atoms with Crippen LogP contribution in [0.2, 0.25) is 0 Å². The van der Waals surface area contributed by atoms with Crippen molar-refractivity contribution in [2.24, 2.45) is 0 Å². The van der Waals surface area contributed by atoms with Crippen molar-refractivity contribution in [2.75, 3.05) is 12.4 Å². The Balaban J connectivity index is 1.89. The number of carbonyl (C=O) groups is 2. The maximum Gasteiger partial charge on any atom is 0.338 e. The summed E-state index contributed by atoms with van der Waals surface area (Å²) in [7, 11) is 1.31. The van der Waals surface area contributed by atoms with E-state index in [1.54, 1.807) is 36.4 Å². The SMILES string of the molecule is COC(=O)c1ccccc1-c1ccc(/C=C(\C#N)C(=O)Nc2c(C)cccc2C)o1. The number of ether oxygens (including phenoxy) is 1. The maximum atomic E-state index is 12.6. The van der Waals surface area contributed by atoms with Gasteiger partial charge in [0.25, 0.3) is 5.91 Å². The molecule has 1 heterocycles. The Morgan fingerprint density at radius 3 is 2.40 bits per heavy atom. The van der Waals surface area contributed by atoms with Crippen LogP contribution in [0.25, 0.3) is 17.4 Å². The van der Waals surface area contributed by atoms with Gasteiger partial charge in [0.15, 0.2) is 0 Å². The van der Waals surface area contributed by atoms with Crippen molar-refractivity contribution in [3.8, 4) is 17.4 Å². The summed E-state index contributed by atoms with van der Waals surface area (Å²) in [5.74, 6) is -0.264. The maximum absolute atomic E-state index is 12.6. The molecule has 0 atom stereocenters. The fourth-order valence-corrected chi connectivity index (χ4v) is 3.04. The van der Waals surface area contributed by atoms with E-state index >= 15 is 0 Å². The summed E-state index contributed by atoms with van der Waals surface area (Å²) < 4.78 is 10.6. The van der Waals surface area contributed by atoms with Gasteiger partial charge in [-0.3, -0.25) is 4.79 Å². The molecule has 0 spiro atoms. The highest BCUT2D eigenvalue weighted by Gasteiger charge is 2.17. The molecular weight excluding hydrogens is 380 g/mol. The highest BCUT2D eigenvalue weighted by atomic mass is 16.5. The van der Waals surface area contributed by atoms with Gasteiger partial charge >= 0.3 is 5.97 Å². The fourth-order valence-electron chi connectivity index (χ4n) is 3.04. The molecule has 1 amide bonds. The van der Waals surface area contributed by atoms with Crippen molar-refractivity contribution in [1.82, 2.24) is 0 Å². The van der Waals surface area contributed by atoms with E-state index in [9.17, 15) is 14.9 Å². The number of rotatable bonds is 5. The quantitative estimate of drug-likeness (QED) is 0.374. The lowest BCUT2D eigenvalue weighted by molar-refractivity contribution is -0.112. The van der Waals surface area contributed by atoms with Crippen molar-refractivity contribution in [3.05, 3.63) is 82.6 Å². The first-order valence-electron chi connectivity index (χ1n) is 9.21. The van der Waals surface area contributed by atoms with Gasteiger partial charge in [-0.25, -0.2) is 4.79 Å². The third-order valence-electron chi connectivity index (χ3n) is 4.60. The molecule has 0 saturated heterocycles. The molecule has 0 aliphatic carbocycles. The summed E-state index contributed by atoms with van der Waals surface area (Å²) in [6.45, 7) is 3.77. The van der Waals surface area contributed by atoms with Crippen LogP contribution in [0.5, 0.6) is 0 Å². The molecule has 30 heavy (non-hydrogen) atoms. The van der Waals surface area contributed by atoms with Crippen LogP contribution in [0.3, 0.4) is 0 Å². The first-order valence-corrected chi connectivity index (χ1v) is 9.21. The molecule has 150 valence electrons. The van der Waals surface area contributed by atoms with Crippen LogP contribution in [-0.4, -0.2) is 19.0 Å². The minimum Gasteiger partial charge on any atom is -0.465 e. The van der Waals surface area contributed by atoms with Crippen LogP contribution in [0.4, 0.5) is 5.69 Å². The van der Waals surface area contributed by atoms with Crippen molar-refractivity contribution in [2.45, 2.75) is 13.8 Å². The Labute approximate surface area is 174 Å². The molecule has 0 aliphatic heterocycles. The number of furan rings is 1. The van der Waals surface area contributed by atoms with E-state index in [-0.39, 0.29) is 5.57 Å². The average Bonchev–Trinajstić information content (AvgIpc) is 3.22. The Morgan fingerprint density at radius 1 is 1.03 bits per heavy atom. The lowest BCUT2D eigenvalue weighted by Gasteiger charge is -2.10. The van der Waals surface area contributed by atoms with E-state index in [4.69, 9.17) is 9.15 Å². The van der Waals surface area contributed by atoms with Crippen LogP contribution in [-0.2, 0) is 9.53 Å². The van der Waals surface area contributed by atoms with E-state index in [2.05, 4.69) is 5.32 Å². The number of nitriles is 1. The zero-order valence-corrected chi connectivity index (χ0v) is 16.9. The second-order valence-electron chi connectivity index (χ2n) is 6.63. The normalized spacial score (nSPS) is 10.9. The predicted octanol–water partition coefficient (Wildman–Crippen LogP) is 4.90. The molecule has 6 heteroatoms. The molecule has 2 aromatic carbocycles. The topological polar surface area (TPSA) is 92.3 Å². The van der Waals surface area contributed by atoms with Crippen molar-refractivity contribution < 1.29 is 18.7 Å². The fraction of sp³-hybridized carbons (Fsp3) is 0.125. The smallest absolute Gasteiger partial charge is 0.338 e. The number of nitrogens with one attached hydrogen (secondary N) is 1. The molecule has 0 saturated carbocycles. The minimum absolute atomic E-state index is 0.0974. The summed E-state index contributed by atoms with van der Waals surface area (Å²) in [4.78, 5) is 24.6. The lowest BCUT2D eigenvalue weighted by atomic mass is 10.1. The van der Waals surface area contributed by atoms with E-state index in [1.165, 1.54) is 13.2 Å². The van der Waals surface area contributed by atoms with E-state index in [1.807, 2.05) is 38.1 Å². The van der Waals surface area contributed by atoms with Gasteiger partial charge in [0.1, 0.15) is 23.2 Å². The summed E-state index contributed by atoms with van der Waals surface area (Å²) in [6, 6.07) is 17.8. The monoisotopic (exact) mass is 400 g/mol. The first kappa shape index (κ1) is 20.6. The summed E-state index contributed by atoms with van der Waals surface area (Å²) >= 11 is 0. The minimum atomic E-state index is -0.525. The highest BCUT2D eigenvalue weighted by molar-refractivity contribution is 6.10. The number of amides is 1. The first-order chi connectivity index (χ1) is 14.4. The second kappa shape index (κ2) is 8.93. The van der Waals surface area contributed by atoms with Gasteiger partial charge < -0.3 is 14.5 Å². The van der Waals surface area contributed by atoms with Crippen molar-refractivity contribution in [1.29, 1.82) is 5.26 Å². The molecule has 3 aromatic rings. The molecule has 0 unspecified atom stereocenters. The Hall–Kier alpha value is -4.11. The number of benzene rings is 2. The molecule has 1 N–H and O–H groups in total. The van der Waals surface area contributed by atoms with Crippen LogP contribution in [0.15, 0.2) is 64.6 Å².